The molecule has 1 aromatic carbocycles. The number of nitrogens with two attached hydrogens (primary N) is 1. The molecule has 2 nitrogen and oxygen atoms in total. The fraction of sp³-hybridized carbons (Fsp3) is 0.455. The molecule has 0 amide bonds. The van der Waals surface area contributed by atoms with E-state index in [1.165, 1.54) is 0 Å². The van der Waals surface area contributed by atoms with E-state index in [-0.39, 0.29) is 12.6 Å². The van der Waals surface area contributed by atoms with Crippen LogP contribution in [0.15, 0.2) is 18.2 Å². The second kappa shape index (κ2) is 4.78. The lowest BCUT2D eigenvalue weighted by Crippen LogP contribution is -2.14. The number of aliphatic hydroxyl groups is 1. The number of benzene rings is 1. The van der Waals surface area contributed by atoms with E-state index in [9.17, 15) is 0 Å². The fourth-order valence-electron chi connectivity index (χ4n) is 1.29. The zero-order valence-corrected chi connectivity index (χ0v) is 9.25. The Morgan fingerprint density at radius 3 is 2.36 bits per heavy atom. The molecule has 0 aromatic heterocycles. The first kappa shape index (κ1) is 11.5. The van der Waals surface area contributed by atoms with Gasteiger partial charge in [-0.3, -0.25) is 0 Å². The molecule has 0 spiro atoms. The van der Waals surface area contributed by atoms with Crippen LogP contribution in [-0.2, 0) is 0 Å². The lowest BCUT2D eigenvalue weighted by Gasteiger charge is -2.13. The Balaban J connectivity index is 3.07. The van der Waals surface area contributed by atoms with Crippen LogP contribution < -0.4 is 5.73 Å². The van der Waals surface area contributed by atoms with Crippen LogP contribution in [0.2, 0.25) is 5.02 Å². The second-order valence-electron chi connectivity index (χ2n) is 3.76. The van der Waals surface area contributed by atoms with Gasteiger partial charge in [0.1, 0.15) is 0 Å². The minimum absolute atomic E-state index is 0.0577. The molecular formula is C11H16ClNO. The van der Waals surface area contributed by atoms with E-state index in [0.717, 1.165) is 11.1 Å². The SMILES string of the molecule is CC(C)c1cc(Cl)cc(C(N)CO)c1. The molecule has 0 heterocycles. The van der Waals surface area contributed by atoms with Gasteiger partial charge < -0.3 is 10.8 Å². The molecule has 0 radical (unpaired) electrons. The number of halogens is 1. The van der Waals surface area contributed by atoms with E-state index in [4.69, 9.17) is 22.4 Å². The first-order chi connectivity index (χ1) is 6.54. The Morgan fingerprint density at radius 2 is 1.86 bits per heavy atom. The molecule has 0 aliphatic rings. The molecule has 3 heteroatoms. The molecule has 0 bridgehead atoms. The van der Waals surface area contributed by atoms with Crippen molar-refractivity contribution >= 4 is 11.6 Å². The molecule has 1 aromatic rings. The molecule has 1 unspecified atom stereocenters. The highest BCUT2D eigenvalue weighted by atomic mass is 35.5. The van der Waals surface area contributed by atoms with Gasteiger partial charge in [-0.25, -0.2) is 0 Å². The van der Waals surface area contributed by atoms with Gasteiger partial charge in [0.05, 0.1) is 12.6 Å². The van der Waals surface area contributed by atoms with Crippen molar-refractivity contribution < 1.29 is 5.11 Å². The number of hydrogen-bond donors (Lipinski definition) is 2. The molecule has 0 saturated carbocycles. The van der Waals surface area contributed by atoms with Crippen LogP contribution in [0.3, 0.4) is 0 Å². The average Bonchev–Trinajstić information content (AvgIpc) is 2.15. The third kappa shape index (κ3) is 2.71. The summed E-state index contributed by atoms with van der Waals surface area (Å²) >= 11 is 5.96. The van der Waals surface area contributed by atoms with Gasteiger partial charge in [0.25, 0.3) is 0 Å². The first-order valence-electron chi connectivity index (χ1n) is 4.71. The van der Waals surface area contributed by atoms with Crippen molar-refractivity contribution in [1.82, 2.24) is 0 Å². The van der Waals surface area contributed by atoms with Gasteiger partial charge >= 0.3 is 0 Å². The summed E-state index contributed by atoms with van der Waals surface area (Å²) < 4.78 is 0. The highest BCUT2D eigenvalue weighted by molar-refractivity contribution is 6.30. The second-order valence-corrected chi connectivity index (χ2v) is 4.20. The molecule has 1 rings (SSSR count). The molecule has 0 aliphatic carbocycles. The largest absolute Gasteiger partial charge is 0.394 e. The van der Waals surface area contributed by atoms with Gasteiger partial charge in [-0.05, 0) is 29.2 Å². The summed E-state index contributed by atoms with van der Waals surface area (Å²) in [4.78, 5) is 0. The van der Waals surface area contributed by atoms with E-state index in [0.29, 0.717) is 10.9 Å². The van der Waals surface area contributed by atoms with E-state index in [2.05, 4.69) is 13.8 Å². The maximum absolute atomic E-state index is 8.94. The molecular weight excluding hydrogens is 198 g/mol. The van der Waals surface area contributed by atoms with Gasteiger partial charge in [0.15, 0.2) is 0 Å². The van der Waals surface area contributed by atoms with Crippen molar-refractivity contribution in [3.05, 3.63) is 34.3 Å². The number of hydrogen-bond acceptors (Lipinski definition) is 2. The van der Waals surface area contributed by atoms with Gasteiger partial charge in [-0.2, -0.15) is 0 Å². The van der Waals surface area contributed by atoms with Gasteiger partial charge in [0, 0.05) is 5.02 Å². The van der Waals surface area contributed by atoms with E-state index in [1.807, 2.05) is 12.1 Å². The van der Waals surface area contributed by atoms with Crippen molar-refractivity contribution in [2.45, 2.75) is 25.8 Å². The summed E-state index contributed by atoms with van der Waals surface area (Å²) in [5, 5.41) is 9.62. The predicted octanol–water partition coefficient (Wildman–Crippen LogP) is 2.46. The quantitative estimate of drug-likeness (QED) is 0.810. The fourth-order valence-corrected chi connectivity index (χ4v) is 1.54. The molecule has 14 heavy (non-hydrogen) atoms. The summed E-state index contributed by atoms with van der Waals surface area (Å²) in [5.41, 5.74) is 7.77. The number of aliphatic hydroxyl groups excluding tert-OH is 1. The number of rotatable bonds is 3. The summed E-state index contributed by atoms with van der Waals surface area (Å²) in [6.45, 7) is 4.14. The van der Waals surface area contributed by atoms with Crippen molar-refractivity contribution in [3.63, 3.8) is 0 Å². The summed E-state index contributed by atoms with van der Waals surface area (Å²) in [6.07, 6.45) is 0. The van der Waals surface area contributed by atoms with Crippen LogP contribution in [0.4, 0.5) is 0 Å². The Morgan fingerprint density at radius 1 is 1.29 bits per heavy atom. The van der Waals surface area contributed by atoms with Crippen LogP contribution in [0.25, 0.3) is 0 Å². The topological polar surface area (TPSA) is 46.2 Å². The zero-order valence-electron chi connectivity index (χ0n) is 8.50. The smallest absolute Gasteiger partial charge is 0.0624 e. The monoisotopic (exact) mass is 213 g/mol. The maximum Gasteiger partial charge on any atom is 0.0624 e. The van der Waals surface area contributed by atoms with E-state index < -0.39 is 0 Å². The highest BCUT2D eigenvalue weighted by Gasteiger charge is 2.08. The summed E-state index contributed by atoms with van der Waals surface area (Å²) in [6, 6.07) is 5.39. The highest BCUT2D eigenvalue weighted by Crippen LogP contribution is 2.24. The van der Waals surface area contributed by atoms with Crippen molar-refractivity contribution in [1.29, 1.82) is 0 Å². The lowest BCUT2D eigenvalue weighted by atomic mass is 9.98. The van der Waals surface area contributed by atoms with E-state index >= 15 is 0 Å². The third-order valence-corrected chi connectivity index (χ3v) is 2.45. The van der Waals surface area contributed by atoms with Crippen LogP contribution in [-0.4, -0.2) is 11.7 Å². The Kier molecular flexibility index (Phi) is 3.93. The van der Waals surface area contributed by atoms with Crippen molar-refractivity contribution in [3.8, 4) is 0 Å². The molecule has 3 N–H and O–H groups in total. The van der Waals surface area contributed by atoms with Gasteiger partial charge in [-0.15, -0.1) is 0 Å². The first-order valence-corrected chi connectivity index (χ1v) is 5.09. The molecule has 0 saturated heterocycles. The Labute approximate surface area is 89.7 Å². The molecule has 0 fully saturated rings. The Bertz CT molecular complexity index is 312. The van der Waals surface area contributed by atoms with Crippen LogP contribution in [0.1, 0.15) is 36.9 Å². The average molecular weight is 214 g/mol. The minimum atomic E-state index is -0.341. The standard InChI is InChI=1S/C11H16ClNO/c1-7(2)8-3-9(11(13)6-14)5-10(12)4-8/h3-5,7,11,14H,6,13H2,1-2H3. The molecule has 78 valence electrons. The maximum atomic E-state index is 8.94. The van der Waals surface area contributed by atoms with Crippen molar-refractivity contribution in [2.24, 2.45) is 5.73 Å². The van der Waals surface area contributed by atoms with Gasteiger partial charge in [-0.1, -0.05) is 31.5 Å². The zero-order chi connectivity index (χ0) is 10.7. The summed E-state index contributed by atoms with van der Waals surface area (Å²) in [5.74, 6) is 0.415. The molecule has 0 aliphatic heterocycles. The summed E-state index contributed by atoms with van der Waals surface area (Å²) in [7, 11) is 0. The van der Waals surface area contributed by atoms with Crippen LogP contribution in [0.5, 0.6) is 0 Å². The molecule has 1 atom stereocenters. The van der Waals surface area contributed by atoms with Crippen LogP contribution >= 0.6 is 11.6 Å². The predicted molar refractivity (Wildman–Crippen MR) is 59.6 cm³/mol. The third-order valence-electron chi connectivity index (χ3n) is 2.23. The van der Waals surface area contributed by atoms with Gasteiger partial charge in [0.2, 0.25) is 0 Å². The Hall–Kier alpha value is -0.570. The minimum Gasteiger partial charge on any atom is -0.394 e. The lowest BCUT2D eigenvalue weighted by molar-refractivity contribution is 0.268. The van der Waals surface area contributed by atoms with E-state index in [1.54, 1.807) is 6.07 Å². The van der Waals surface area contributed by atoms with Crippen molar-refractivity contribution in [2.75, 3.05) is 6.61 Å². The van der Waals surface area contributed by atoms with Crippen LogP contribution in [0, 0.1) is 0 Å². The normalized spacial score (nSPS) is 13.3.